The monoisotopic (exact) mass is 386 g/mol. The average molecular weight is 388 g/mol. The van der Waals surface area contributed by atoms with E-state index in [9.17, 15) is 9.90 Å². The van der Waals surface area contributed by atoms with Crippen LogP contribution < -0.4 is 0 Å². The van der Waals surface area contributed by atoms with Crippen LogP contribution in [0.3, 0.4) is 0 Å². The molecule has 0 saturated heterocycles. The molecular weight excluding hydrogens is 376 g/mol. The number of hydrogen-bond acceptors (Lipinski definition) is 4. The molecule has 1 rings (SSSR count). The summed E-state index contributed by atoms with van der Waals surface area (Å²) in [6.07, 6.45) is -2.33. The first-order chi connectivity index (χ1) is 7.82. The van der Waals surface area contributed by atoms with Crippen molar-refractivity contribution in [2.45, 2.75) is 32.2 Å². The summed E-state index contributed by atoms with van der Waals surface area (Å²) in [5.41, 5.74) is 0. The van der Waals surface area contributed by atoms with Gasteiger partial charge in [0, 0.05) is 9.35 Å². The molecule has 0 spiro atoms. The molecule has 3 atom stereocenters. The van der Waals surface area contributed by atoms with Gasteiger partial charge in [0.1, 0.15) is 0 Å². The van der Waals surface area contributed by atoms with E-state index in [0.29, 0.717) is 4.88 Å². The van der Waals surface area contributed by atoms with Crippen molar-refractivity contribution in [2.24, 2.45) is 0 Å². The second-order valence-electron chi connectivity index (χ2n) is 3.57. The fourth-order valence-electron chi connectivity index (χ4n) is 1.07. The Morgan fingerprint density at radius 2 is 2.06 bits per heavy atom. The van der Waals surface area contributed by atoms with Gasteiger partial charge in [0.2, 0.25) is 0 Å². The summed E-state index contributed by atoms with van der Waals surface area (Å²) in [5.74, 6) is -1.07. The predicted molar refractivity (Wildman–Crippen MR) is 72.3 cm³/mol. The summed E-state index contributed by atoms with van der Waals surface area (Å²) >= 11 is 7.88. The standard InChI is InChI=1S/C10H12Br2O4S/c1-4(13)5(2)16-8(10(14)15)7-3-6(11)9(12)17-7/h3-5,8,13H,1-2H3,(H,14,15). The van der Waals surface area contributed by atoms with Crippen LogP contribution in [-0.2, 0) is 9.53 Å². The van der Waals surface area contributed by atoms with Gasteiger partial charge in [-0.2, -0.15) is 0 Å². The maximum Gasteiger partial charge on any atom is 0.338 e. The van der Waals surface area contributed by atoms with Crippen LogP contribution in [0.4, 0.5) is 0 Å². The fraction of sp³-hybridized carbons (Fsp3) is 0.500. The van der Waals surface area contributed by atoms with E-state index in [-0.39, 0.29) is 0 Å². The topological polar surface area (TPSA) is 66.8 Å². The van der Waals surface area contributed by atoms with E-state index >= 15 is 0 Å². The molecule has 0 aromatic carbocycles. The van der Waals surface area contributed by atoms with E-state index in [1.807, 2.05) is 0 Å². The van der Waals surface area contributed by atoms with Crippen molar-refractivity contribution in [1.82, 2.24) is 0 Å². The zero-order valence-electron chi connectivity index (χ0n) is 9.18. The van der Waals surface area contributed by atoms with Gasteiger partial charge in [-0.3, -0.25) is 0 Å². The second kappa shape index (κ2) is 6.29. The zero-order chi connectivity index (χ0) is 13.2. The van der Waals surface area contributed by atoms with E-state index in [4.69, 9.17) is 9.84 Å². The Morgan fingerprint density at radius 1 is 1.47 bits per heavy atom. The number of carbonyl (C=O) groups is 1. The molecule has 0 aliphatic carbocycles. The lowest BCUT2D eigenvalue weighted by Gasteiger charge is -2.20. The van der Waals surface area contributed by atoms with Gasteiger partial charge in [0.05, 0.1) is 16.0 Å². The lowest BCUT2D eigenvalue weighted by molar-refractivity contribution is -0.158. The van der Waals surface area contributed by atoms with Gasteiger partial charge >= 0.3 is 5.97 Å². The molecule has 1 aromatic rings. The number of carboxylic acids is 1. The van der Waals surface area contributed by atoms with Crippen LogP contribution in [0.1, 0.15) is 24.8 Å². The van der Waals surface area contributed by atoms with E-state index in [0.717, 1.165) is 8.26 Å². The largest absolute Gasteiger partial charge is 0.479 e. The third-order valence-electron chi connectivity index (χ3n) is 2.18. The minimum Gasteiger partial charge on any atom is -0.479 e. The lowest BCUT2D eigenvalue weighted by atomic mass is 10.2. The third-order valence-corrected chi connectivity index (χ3v) is 5.48. The van der Waals surface area contributed by atoms with E-state index in [1.165, 1.54) is 11.3 Å². The number of rotatable bonds is 5. The minimum absolute atomic E-state index is 0.546. The number of thiophene rings is 1. The lowest BCUT2D eigenvalue weighted by Crippen LogP contribution is -2.27. The third kappa shape index (κ3) is 4.03. The van der Waals surface area contributed by atoms with Gasteiger partial charge in [-0.05, 0) is 51.8 Å². The van der Waals surface area contributed by atoms with Crippen LogP contribution in [0.15, 0.2) is 14.3 Å². The van der Waals surface area contributed by atoms with Crippen LogP contribution in [0.25, 0.3) is 0 Å². The van der Waals surface area contributed by atoms with E-state index in [1.54, 1.807) is 19.9 Å². The summed E-state index contributed by atoms with van der Waals surface area (Å²) < 4.78 is 6.95. The molecule has 3 unspecified atom stereocenters. The Bertz CT molecular complexity index is 386. The Labute approximate surface area is 120 Å². The van der Waals surface area contributed by atoms with Crippen LogP contribution in [0.2, 0.25) is 0 Å². The maximum atomic E-state index is 11.1. The number of ether oxygens (including phenoxy) is 1. The summed E-state index contributed by atoms with van der Waals surface area (Å²) in [4.78, 5) is 11.7. The van der Waals surface area contributed by atoms with E-state index in [2.05, 4.69) is 31.9 Å². The Balaban J connectivity index is 2.90. The Hall–Kier alpha value is 0.0500. The van der Waals surface area contributed by atoms with Crippen LogP contribution in [0, 0.1) is 0 Å². The highest BCUT2D eigenvalue weighted by Crippen LogP contribution is 2.37. The van der Waals surface area contributed by atoms with Crippen molar-refractivity contribution in [3.05, 3.63) is 19.2 Å². The van der Waals surface area contributed by atoms with Crippen LogP contribution >= 0.6 is 43.2 Å². The van der Waals surface area contributed by atoms with Gasteiger partial charge in [-0.1, -0.05) is 0 Å². The molecular formula is C10H12Br2O4S. The molecule has 0 bridgehead atoms. The number of carboxylic acid groups (broad SMARTS) is 1. The van der Waals surface area contributed by atoms with Crippen molar-refractivity contribution >= 4 is 49.2 Å². The summed E-state index contributed by atoms with van der Waals surface area (Å²) in [6.45, 7) is 3.20. The molecule has 7 heteroatoms. The molecule has 0 saturated carbocycles. The summed E-state index contributed by atoms with van der Waals surface area (Å²) in [5, 5.41) is 18.5. The number of halogens is 2. The Kier molecular flexibility index (Phi) is 5.59. The van der Waals surface area contributed by atoms with Crippen molar-refractivity contribution < 1.29 is 19.7 Å². The molecule has 1 heterocycles. The van der Waals surface area contributed by atoms with Crippen LogP contribution in [-0.4, -0.2) is 28.4 Å². The molecule has 0 radical (unpaired) electrons. The predicted octanol–water partition coefficient (Wildman–Crippen LogP) is 3.18. The molecule has 96 valence electrons. The molecule has 17 heavy (non-hydrogen) atoms. The summed E-state index contributed by atoms with van der Waals surface area (Å²) in [6, 6.07) is 1.70. The first-order valence-electron chi connectivity index (χ1n) is 4.84. The van der Waals surface area contributed by atoms with Gasteiger partial charge in [0.25, 0.3) is 0 Å². The number of aliphatic carboxylic acids is 1. The first kappa shape index (κ1) is 15.1. The fourth-order valence-corrected chi connectivity index (χ4v) is 3.19. The highest BCUT2D eigenvalue weighted by atomic mass is 79.9. The molecule has 2 N–H and O–H groups in total. The quantitative estimate of drug-likeness (QED) is 0.814. The van der Waals surface area contributed by atoms with Gasteiger partial charge in [-0.25, -0.2) is 4.79 Å². The number of aliphatic hydroxyl groups excluding tert-OH is 1. The highest BCUT2D eigenvalue weighted by molar-refractivity contribution is 9.13. The smallest absolute Gasteiger partial charge is 0.338 e. The first-order valence-corrected chi connectivity index (χ1v) is 7.24. The number of aliphatic hydroxyl groups is 1. The van der Waals surface area contributed by atoms with Crippen molar-refractivity contribution in [3.63, 3.8) is 0 Å². The van der Waals surface area contributed by atoms with Crippen molar-refractivity contribution in [3.8, 4) is 0 Å². The average Bonchev–Trinajstić information content (AvgIpc) is 2.54. The van der Waals surface area contributed by atoms with Crippen LogP contribution in [0.5, 0.6) is 0 Å². The SMILES string of the molecule is CC(O)C(C)OC(C(=O)O)c1cc(Br)c(Br)s1. The van der Waals surface area contributed by atoms with Gasteiger partial charge in [0.15, 0.2) is 6.10 Å². The molecule has 4 nitrogen and oxygen atoms in total. The summed E-state index contributed by atoms with van der Waals surface area (Å²) in [7, 11) is 0. The number of hydrogen-bond donors (Lipinski definition) is 2. The maximum absolute atomic E-state index is 11.1. The van der Waals surface area contributed by atoms with Crippen molar-refractivity contribution in [1.29, 1.82) is 0 Å². The molecule has 0 fully saturated rings. The Morgan fingerprint density at radius 3 is 2.41 bits per heavy atom. The molecule has 0 aliphatic heterocycles. The van der Waals surface area contributed by atoms with Gasteiger partial charge in [-0.15, -0.1) is 11.3 Å². The normalized spacial score (nSPS) is 16.5. The highest BCUT2D eigenvalue weighted by Gasteiger charge is 2.27. The second-order valence-corrected chi connectivity index (χ2v) is 6.83. The molecule has 0 aliphatic rings. The zero-order valence-corrected chi connectivity index (χ0v) is 13.2. The van der Waals surface area contributed by atoms with E-state index < -0.39 is 24.3 Å². The molecule has 0 amide bonds. The van der Waals surface area contributed by atoms with Gasteiger partial charge < -0.3 is 14.9 Å². The molecule has 1 aromatic heterocycles. The minimum atomic E-state index is -1.07. The van der Waals surface area contributed by atoms with Crippen molar-refractivity contribution in [2.75, 3.05) is 0 Å².